The Bertz CT molecular complexity index is 1120. The van der Waals surface area contributed by atoms with Gasteiger partial charge in [-0.1, -0.05) is 23.8 Å². The van der Waals surface area contributed by atoms with Crippen molar-refractivity contribution in [3.05, 3.63) is 75.6 Å². The molecule has 0 saturated heterocycles. The number of nitrogens with zero attached hydrogens (tertiary/aromatic N) is 1. The minimum atomic E-state index is -0.864. The van der Waals surface area contributed by atoms with Gasteiger partial charge in [0.05, 0.1) is 12.0 Å². The van der Waals surface area contributed by atoms with Gasteiger partial charge in [-0.15, -0.1) is 0 Å². The van der Waals surface area contributed by atoms with Crippen molar-refractivity contribution in [2.45, 2.75) is 20.4 Å². The minimum Gasteiger partial charge on any atom is -0.494 e. The third kappa shape index (κ3) is 5.05. The number of ether oxygens (including phenoxy) is 2. The molecule has 1 heterocycles. The number of esters is 1. The van der Waals surface area contributed by atoms with Gasteiger partial charge in [-0.3, -0.25) is 9.59 Å². The van der Waals surface area contributed by atoms with Gasteiger partial charge in [-0.25, -0.2) is 4.79 Å². The molecular weight excluding hydrogens is 386 g/mol. The standard InChI is InChI=1S/C23H23NO6/c1-4-28-17-8-6-16(7-9-17)13-24(3)22(26)14-29-23(27)21-12-19(25)18-11-15(2)5-10-20(18)30-21/h5-12H,4,13-14H2,1-3H3. The molecule has 1 amide bonds. The molecule has 30 heavy (non-hydrogen) atoms. The molecule has 0 N–H and O–H groups in total. The van der Waals surface area contributed by atoms with Crippen LogP contribution in [0.2, 0.25) is 0 Å². The topological polar surface area (TPSA) is 86.0 Å². The highest BCUT2D eigenvalue weighted by Gasteiger charge is 2.17. The summed E-state index contributed by atoms with van der Waals surface area (Å²) in [5, 5.41) is 0.387. The van der Waals surface area contributed by atoms with Crippen molar-refractivity contribution in [2.24, 2.45) is 0 Å². The van der Waals surface area contributed by atoms with Gasteiger partial charge in [-0.2, -0.15) is 0 Å². The summed E-state index contributed by atoms with van der Waals surface area (Å²) in [6.45, 7) is 4.25. The van der Waals surface area contributed by atoms with Crippen molar-refractivity contribution in [2.75, 3.05) is 20.3 Å². The Morgan fingerprint density at radius 1 is 1.07 bits per heavy atom. The second-order valence-electron chi connectivity index (χ2n) is 6.88. The predicted octanol–water partition coefficient (Wildman–Crippen LogP) is 3.32. The Hall–Kier alpha value is -3.61. The molecule has 0 aliphatic rings. The number of benzene rings is 2. The van der Waals surface area contributed by atoms with Crippen LogP contribution in [0.5, 0.6) is 5.75 Å². The lowest BCUT2D eigenvalue weighted by Crippen LogP contribution is -2.30. The number of hydrogen-bond acceptors (Lipinski definition) is 6. The minimum absolute atomic E-state index is 0.238. The van der Waals surface area contributed by atoms with Gasteiger partial charge in [-0.05, 0) is 43.7 Å². The van der Waals surface area contributed by atoms with Crippen molar-refractivity contribution in [1.82, 2.24) is 4.90 Å². The molecule has 0 bridgehead atoms. The Labute approximate surface area is 173 Å². The molecule has 0 aliphatic heterocycles. The molecule has 3 aromatic rings. The Kier molecular flexibility index (Phi) is 6.51. The summed E-state index contributed by atoms with van der Waals surface area (Å²) >= 11 is 0. The highest BCUT2D eigenvalue weighted by Crippen LogP contribution is 2.15. The molecule has 0 saturated carbocycles. The van der Waals surface area contributed by atoms with E-state index in [1.54, 1.807) is 25.2 Å². The number of carbonyl (C=O) groups is 2. The first-order valence-corrected chi connectivity index (χ1v) is 9.54. The molecule has 7 nitrogen and oxygen atoms in total. The summed E-state index contributed by atoms with van der Waals surface area (Å²) in [6, 6.07) is 13.6. The number of carbonyl (C=O) groups excluding carboxylic acids is 2. The zero-order valence-corrected chi connectivity index (χ0v) is 17.1. The summed E-state index contributed by atoms with van der Waals surface area (Å²) < 4.78 is 15.9. The van der Waals surface area contributed by atoms with E-state index in [0.29, 0.717) is 24.1 Å². The largest absolute Gasteiger partial charge is 0.494 e. The van der Waals surface area contributed by atoms with Crippen LogP contribution in [-0.4, -0.2) is 37.0 Å². The maximum Gasteiger partial charge on any atom is 0.374 e. The van der Waals surface area contributed by atoms with E-state index in [4.69, 9.17) is 13.9 Å². The first kappa shape index (κ1) is 21.1. The average molecular weight is 409 g/mol. The Morgan fingerprint density at radius 3 is 2.50 bits per heavy atom. The fourth-order valence-corrected chi connectivity index (χ4v) is 2.90. The summed E-state index contributed by atoms with van der Waals surface area (Å²) in [4.78, 5) is 38.2. The number of fused-ring (bicyclic) bond motifs is 1. The maximum atomic E-state index is 12.3. The second kappa shape index (κ2) is 9.26. The summed E-state index contributed by atoms with van der Waals surface area (Å²) in [7, 11) is 1.62. The fraction of sp³-hybridized carbons (Fsp3) is 0.261. The first-order valence-electron chi connectivity index (χ1n) is 9.54. The molecule has 0 unspecified atom stereocenters. The summed E-state index contributed by atoms with van der Waals surface area (Å²) in [5.74, 6) is -0.720. The third-order valence-electron chi connectivity index (χ3n) is 4.49. The monoisotopic (exact) mass is 409 g/mol. The molecule has 0 aliphatic carbocycles. The number of amides is 1. The van der Waals surface area contributed by atoms with Crippen molar-refractivity contribution >= 4 is 22.8 Å². The van der Waals surface area contributed by atoms with Crippen LogP contribution in [0.4, 0.5) is 0 Å². The number of likely N-dealkylation sites (N-methyl/N-ethyl adjacent to an activating group) is 1. The second-order valence-corrected chi connectivity index (χ2v) is 6.88. The number of hydrogen-bond donors (Lipinski definition) is 0. The van der Waals surface area contributed by atoms with Gasteiger partial charge in [0, 0.05) is 19.7 Å². The van der Waals surface area contributed by atoms with E-state index in [-0.39, 0.29) is 17.1 Å². The number of aryl methyl sites for hydroxylation is 1. The molecule has 0 fully saturated rings. The van der Waals surface area contributed by atoms with E-state index in [0.717, 1.165) is 22.9 Å². The predicted molar refractivity (Wildman–Crippen MR) is 112 cm³/mol. The third-order valence-corrected chi connectivity index (χ3v) is 4.49. The van der Waals surface area contributed by atoms with Gasteiger partial charge in [0.15, 0.2) is 12.0 Å². The first-order chi connectivity index (χ1) is 14.4. The molecule has 0 atom stereocenters. The van der Waals surface area contributed by atoms with Crippen molar-refractivity contribution in [1.29, 1.82) is 0 Å². The molecule has 7 heteroatoms. The lowest BCUT2D eigenvalue weighted by Gasteiger charge is -2.17. The van der Waals surface area contributed by atoms with Crippen LogP contribution in [-0.2, 0) is 16.1 Å². The van der Waals surface area contributed by atoms with Crippen LogP contribution in [0.3, 0.4) is 0 Å². The molecular formula is C23H23NO6. The van der Waals surface area contributed by atoms with Crippen LogP contribution in [0.25, 0.3) is 11.0 Å². The van der Waals surface area contributed by atoms with E-state index in [1.165, 1.54) is 4.90 Å². The van der Waals surface area contributed by atoms with Crippen LogP contribution < -0.4 is 10.2 Å². The summed E-state index contributed by atoms with van der Waals surface area (Å²) in [6.07, 6.45) is 0. The van der Waals surface area contributed by atoms with Gasteiger partial charge in [0.25, 0.3) is 5.91 Å². The smallest absolute Gasteiger partial charge is 0.374 e. The fourth-order valence-electron chi connectivity index (χ4n) is 2.90. The van der Waals surface area contributed by atoms with Crippen LogP contribution in [0.15, 0.2) is 57.7 Å². The molecule has 3 rings (SSSR count). The lowest BCUT2D eigenvalue weighted by molar-refractivity contribution is -0.133. The van der Waals surface area contributed by atoms with E-state index >= 15 is 0 Å². The molecule has 1 aromatic heterocycles. The van der Waals surface area contributed by atoms with Crippen LogP contribution in [0.1, 0.15) is 28.6 Å². The summed E-state index contributed by atoms with van der Waals surface area (Å²) in [5.41, 5.74) is 1.77. The van der Waals surface area contributed by atoms with Crippen molar-refractivity contribution in [3.8, 4) is 5.75 Å². The zero-order valence-electron chi connectivity index (χ0n) is 17.1. The molecule has 0 spiro atoms. The van der Waals surface area contributed by atoms with E-state index in [9.17, 15) is 14.4 Å². The van der Waals surface area contributed by atoms with Gasteiger partial charge >= 0.3 is 5.97 Å². The van der Waals surface area contributed by atoms with Crippen LogP contribution >= 0.6 is 0 Å². The number of rotatable bonds is 7. The highest BCUT2D eigenvalue weighted by molar-refractivity contribution is 5.90. The quantitative estimate of drug-likeness (QED) is 0.557. The molecule has 2 aromatic carbocycles. The van der Waals surface area contributed by atoms with Gasteiger partial charge < -0.3 is 18.8 Å². The maximum absolute atomic E-state index is 12.3. The average Bonchev–Trinajstić information content (AvgIpc) is 2.73. The SMILES string of the molecule is CCOc1ccc(CN(C)C(=O)COC(=O)c2cc(=O)c3cc(C)ccc3o2)cc1. The van der Waals surface area contributed by atoms with Crippen molar-refractivity contribution in [3.63, 3.8) is 0 Å². The lowest BCUT2D eigenvalue weighted by atomic mass is 10.1. The normalized spacial score (nSPS) is 10.6. The van der Waals surface area contributed by atoms with Gasteiger partial charge in [0.1, 0.15) is 11.3 Å². The van der Waals surface area contributed by atoms with E-state index in [2.05, 4.69) is 0 Å². The molecule has 0 radical (unpaired) electrons. The zero-order chi connectivity index (χ0) is 21.7. The van der Waals surface area contributed by atoms with E-state index in [1.807, 2.05) is 38.1 Å². The van der Waals surface area contributed by atoms with Crippen molar-refractivity contribution < 1.29 is 23.5 Å². The van der Waals surface area contributed by atoms with Crippen LogP contribution in [0, 0.1) is 6.92 Å². The Morgan fingerprint density at radius 2 is 1.80 bits per heavy atom. The highest BCUT2D eigenvalue weighted by atomic mass is 16.5. The van der Waals surface area contributed by atoms with Gasteiger partial charge in [0.2, 0.25) is 5.76 Å². The van der Waals surface area contributed by atoms with E-state index < -0.39 is 12.6 Å². The Balaban J connectivity index is 1.59. The molecule has 156 valence electrons.